The standard InChI is InChI=1S/C16H36N.BrH.HI/c1-5-9-13-17(14-10-6-2,15-11-7-3)16-12-8-4;;/h5-16H2,1-4H3;2*1H/q+1;;. The predicted octanol–water partition coefficient (Wildman–Crippen LogP) is 6.20. The summed E-state index contributed by atoms with van der Waals surface area (Å²) >= 11 is 0. The van der Waals surface area contributed by atoms with E-state index in [1.54, 1.807) is 0 Å². The molecule has 19 heavy (non-hydrogen) atoms. The number of hydrogen-bond acceptors (Lipinski definition) is 0. The minimum Gasteiger partial charge on any atom is -0.324 e. The van der Waals surface area contributed by atoms with E-state index in [-0.39, 0.29) is 41.0 Å². The number of quaternary nitrogens is 1. The van der Waals surface area contributed by atoms with Gasteiger partial charge in [-0.1, -0.05) is 53.4 Å². The molecule has 0 spiro atoms. The van der Waals surface area contributed by atoms with Crippen LogP contribution >= 0.6 is 41.0 Å². The van der Waals surface area contributed by atoms with Crippen LogP contribution in [-0.2, 0) is 0 Å². The zero-order chi connectivity index (χ0) is 13.0. The topological polar surface area (TPSA) is 0 Å². The van der Waals surface area contributed by atoms with Crippen LogP contribution in [0.4, 0.5) is 0 Å². The SMILES string of the molecule is Br.CCCC[N+](CCCC)(CCCC)CCCC.I. The second kappa shape index (κ2) is 17.2. The first-order valence-corrected chi connectivity index (χ1v) is 8.09. The minimum absolute atomic E-state index is 0. The van der Waals surface area contributed by atoms with Crippen LogP contribution in [0.3, 0.4) is 0 Å². The van der Waals surface area contributed by atoms with Gasteiger partial charge < -0.3 is 4.48 Å². The van der Waals surface area contributed by atoms with Crippen LogP contribution in [0.25, 0.3) is 0 Å². The first kappa shape index (κ1) is 25.1. The fourth-order valence-corrected chi connectivity index (χ4v) is 2.64. The highest BCUT2D eigenvalue weighted by Gasteiger charge is 2.24. The van der Waals surface area contributed by atoms with Crippen molar-refractivity contribution in [1.82, 2.24) is 0 Å². The van der Waals surface area contributed by atoms with Crippen LogP contribution in [0.5, 0.6) is 0 Å². The molecular formula is C16H38BrIN+. The third kappa shape index (κ3) is 12.6. The van der Waals surface area contributed by atoms with Crippen molar-refractivity contribution in [2.24, 2.45) is 0 Å². The number of unbranched alkanes of at least 4 members (excludes halogenated alkanes) is 4. The predicted molar refractivity (Wildman–Crippen MR) is 105 cm³/mol. The van der Waals surface area contributed by atoms with Crippen molar-refractivity contribution in [3.63, 3.8) is 0 Å². The van der Waals surface area contributed by atoms with Crippen molar-refractivity contribution in [2.45, 2.75) is 79.1 Å². The molecule has 120 valence electrons. The maximum absolute atomic E-state index is 2.33. The first-order chi connectivity index (χ1) is 8.24. The monoisotopic (exact) mass is 450 g/mol. The van der Waals surface area contributed by atoms with E-state index in [0.29, 0.717) is 0 Å². The van der Waals surface area contributed by atoms with Gasteiger partial charge in [-0.25, -0.2) is 0 Å². The summed E-state index contributed by atoms with van der Waals surface area (Å²) < 4.78 is 1.42. The summed E-state index contributed by atoms with van der Waals surface area (Å²) in [5, 5.41) is 0. The van der Waals surface area contributed by atoms with E-state index < -0.39 is 0 Å². The van der Waals surface area contributed by atoms with E-state index in [1.807, 2.05) is 0 Å². The van der Waals surface area contributed by atoms with Gasteiger partial charge in [0.25, 0.3) is 0 Å². The smallest absolute Gasteiger partial charge is 0.0786 e. The number of nitrogens with zero attached hydrogens (tertiary/aromatic N) is 1. The van der Waals surface area contributed by atoms with Crippen molar-refractivity contribution in [3.05, 3.63) is 0 Å². The summed E-state index contributed by atoms with van der Waals surface area (Å²) in [6.07, 6.45) is 11.1. The third-order valence-electron chi connectivity index (χ3n) is 3.94. The Hall–Kier alpha value is 1.17. The van der Waals surface area contributed by atoms with Crippen LogP contribution in [0.2, 0.25) is 0 Å². The number of halogens is 2. The summed E-state index contributed by atoms with van der Waals surface area (Å²) in [6.45, 7) is 15.0. The molecule has 0 heterocycles. The zero-order valence-electron chi connectivity index (χ0n) is 13.7. The molecule has 0 saturated heterocycles. The molecular weight excluding hydrogens is 413 g/mol. The minimum atomic E-state index is 0. The average Bonchev–Trinajstić information content (AvgIpc) is 2.37. The van der Waals surface area contributed by atoms with Gasteiger partial charge in [0.05, 0.1) is 26.2 Å². The summed E-state index contributed by atoms with van der Waals surface area (Å²) in [4.78, 5) is 0. The van der Waals surface area contributed by atoms with Crippen LogP contribution < -0.4 is 0 Å². The Balaban J connectivity index is -0.00000128. The molecule has 0 amide bonds. The fraction of sp³-hybridized carbons (Fsp3) is 1.00. The molecule has 0 aliphatic heterocycles. The molecule has 3 heteroatoms. The van der Waals surface area contributed by atoms with Crippen molar-refractivity contribution in [3.8, 4) is 0 Å². The Bertz CT molecular complexity index is 127. The molecule has 0 aromatic heterocycles. The molecule has 1 nitrogen and oxygen atoms in total. The Morgan fingerprint density at radius 2 is 0.737 bits per heavy atom. The second-order valence-corrected chi connectivity index (χ2v) is 5.65. The van der Waals surface area contributed by atoms with Gasteiger partial charge in [0.15, 0.2) is 0 Å². The van der Waals surface area contributed by atoms with E-state index in [2.05, 4.69) is 27.7 Å². The van der Waals surface area contributed by atoms with Gasteiger partial charge in [-0.15, -0.1) is 41.0 Å². The van der Waals surface area contributed by atoms with Crippen LogP contribution in [0, 0.1) is 0 Å². The fourth-order valence-electron chi connectivity index (χ4n) is 2.64. The quantitative estimate of drug-likeness (QED) is 0.245. The van der Waals surface area contributed by atoms with Crippen molar-refractivity contribution in [2.75, 3.05) is 26.2 Å². The van der Waals surface area contributed by atoms with Crippen LogP contribution in [0.1, 0.15) is 79.1 Å². The van der Waals surface area contributed by atoms with Gasteiger partial charge in [-0.05, 0) is 25.7 Å². The highest BCUT2D eigenvalue weighted by molar-refractivity contribution is 14.0. The lowest BCUT2D eigenvalue weighted by molar-refractivity contribution is -0.929. The lowest BCUT2D eigenvalue weighted by Gasteiger charge is -2.39. The lowest BCUT2D eigenvalue weighted by Crippen LogP contribution is -2.50. The van der Waals surface area contributed by atoms with Gasteiger partial charge in [0, 0.05) is 0 Å². The van der Waals surface area contributed by atoms with E-state index in [0.717, 1.165) is 0 Å². The van der Waals surface area contributed by atoms with E-state index in [4.69, 9.17) is 0 Å². The first-order valence-electron chi connectivity index (χ1n) is 8.09. The van der Waals surface area contributed by atoms with Gasteiger partial charge in [-0.2, -0.15) is 0 Å². The lowest BCUT2D eigenvalue weighted by atomic mass is 10.1. The normalized spacial score (nSPS) is 10.7. The summed E-state index contributed by atoms with van der Waals surface area (Å²) in [5.74, 6) is 0. The molecule has 0 aromatic carbocycles. The maximum Gasteiger partial charge on any atom is 0.0786 e. The molecule has 0 atom stereocenters. The van der Waals surface area contributed by atoms with Gasteiger partial charge in [-0.3, -0.25) is 0 Å². The molecule has 0 aliphatic carbocycles. The van der Waals surface area contributed by atoms with E-state index in [9.17, 15) is 0 Å². The average molecular weight is 451 g/mol. The summed E-state index contributed by atoms with van der Waals surface area (Å²) in [5.41, 5.74) is 0. The Morgan fingerprint density at radius 3 is 0.895 bits per heavy atom. The van der Waals surface area contributed by atoms with Gasteiger partial charge in [0.2, 0.25) is 0 Å². The molecule has 0 aliphatic rings. The largest absolute Gasteiger partial charge is 0.324 e. The third-order valence-corrected chi connectivity index (χ3v) is 3.94. The second-order valence-electron chi connectivity index (χ2n) is 5.65. The molecule has 0 bridgehead atoms. The summed E-state index contributed by atoms with van der Waals surface area (Å²) in [7, 11) is 0. The molecule has 0 unspecified atom stereocenters. The highest BCUT2D eigenvalue weighted by atomic mass is 127. The molecule has 0 rings (SSSR count). The van der Waals surface area contributed by atoms with Crippen LogP contribution in [-0.4, -0.2) is 30.7 Å². The molecule has 0 radical (unpaired) electrons. The van der Waals surface area contributed by atoms with Crippen molar-refractivity contribution >= 4 is 41.0 Å². The molecule has 0 N–H and O–H groups in total. The number of rotatable bonds is 12. The van der Waals surface area contributed by atoms with E-state index in [1.165, 1.54) is 82.0 Å². The molecule has 0 aromatic rings. The van der Waals surface area contributed by atoms with Gasteiger partial charge in [0.1, 0.15) is 0 Å². The number of hydrogen-bond donors (Lipinski definition) is 0. The van der Waals surface area contributed by atoms with Crippen molar-refractivity contribution < 1.29 is 4.48 Å². The molecule has 0 fully saturated rings. The Kier molecular flexibility index (Phi) is 22.8. The Morgan fingerprint density at radius 1 is 0.526 bits per heavy atom. The van der Waals surface area contributed by atoms with Crippen molar-refractivity contribution in [1.29, 1.82) is 0 Å². The van der Waals surface area contributed by atoms with E-state index >= 15 is 0 Å². The molecule has 0 saturated carbocycles. The van der Waals surface area contributed by atoms with Gasteiger partial charge >= 0.3 is 0 Å². The van der Waals surface area contributed by atoms with Crippen LogP contribution in [0.15, 0.2) is 0 Å². The Labute approximate surface area is 150 Å². The summed E-state index contributed by atoms with van der Waals surface area (Å²) in [6, 6.07) is 0. The highest BCUT2D eigenvalue weighted by Crippen LogP contribution is 2.16. The maximum atomic E-state index is 2.33. The zero-order valence-corrected chi connectivity index (χ0v) is 17.8.